The topological polar surface area (TPSA) is 87.1 Å². The first-order chi connectivity index (χ1) is 10.9. The van der Waals surface area contributed by atoms with E-state index >= 15 is 0 Å². The smallest absolute Gasteiger partial charge is 0.309 e. The van der Waals surface area contributed by atoms with Crippen molar-refractivity contribution in [3.63, 3.8) is 0 Å². The molecule has 124 valence electrons. The van der Waals surface area contributed by atoms with Crippen LogP contribution in [0.3, 0.4) is 0 Å². The fourth-order valence-electron chi connectivity index (χ4n) is 2.51. The van der Waals surface area contributed by atoms with Gasteiger partial charge in [-0.3, -0.25) is 9.59 Å². The maximum Gasteiger partial charge on any atom is 0.309 e. The molecule has 2 rings (SSSR count). The van der Waals surface area contributed by atoms with Gasteiger partial charge in [-0.1, -0.05) is 6.07 Å². The summed E-state index contributed by atoms with van der Waals surface area (Å²) in [5, 5.41) is 18.7. The van der Waals surface area contributed by atoms with Crippen LogP contribution >= 0.6 is 0 Å². The number of aromatic hydroxyl groups is 1. The van der Waals surface area contributed by atoms with E-state index in [0.29, 0.717) is 31.7 Å². The highest BCUT2D eigenvalue weighted by molar-refractivity contribution is 5.92. The normalized spacial score (nSPS) is 17.2. The standard InChI is InChI=1S/C17H21NO5/c1-17(16(21)22)7-9-18(10-8-17)15(20)6-4-12-3-5-13(19)14(11-12)23-2/h3-6,11,19H,7-10H2,1-2H3,(H,21,22)/b6-4+. The maximum atomic E-state index is 12.2. The summed E-state index contributed by atoms with van der Waals surface area (Å²) in [5.41, 5.74) is -0.00875. The third kappa shape index (κ3) is 3.83. The summed E-state index contributed by atoms with van der Waals surface area (Å²) in [6.07, 6.45) is 4.01. The second-order valence-electron chi connectivity index (χ2n) is 5.96. The Labute approximate surface area is 135 Å². The van der Waals surface area contributed by atoms with E-state index in [-0.39, 0.29) is 11.7 Å². The molecule has 1 saturated heterocycles. The fraction of sp³-hybridized carbons (Fsp3) is 0.412. The number of carboxylic acids is 1. The van der Waals surface area contributed by atoms with Gasteiger partial charge < -0.3 is 19.8 Å². The van der Waals surface area contributed by atoms with Gasteiger partial charge in [0.15, 0.2) is 11.5 Å². The molecule has 2 N–H and O–H groups in total. The molecule has 0 radical (unpaired) electrons. The molecule has 1 amide bonds. The first-order valence-electron chi connectivity index (χ1n) is 7.43. The van der Waals surface area contributed by atoms with Crippen LogP contribution in [0.4, 0.5) is 0 Å². The minimum absolute atomic E-state index is 0.0416. The van der Waals surface area contributed by atoms with Crippen molar-refractivity contribution in [2.24, 2.45) is 5.41 Å². The lowest BCUT2D eigenvalue weighted by Crippen LogP contribution is -2.44. The van der Waals surface area contributed by atoms with E-state index in [1.54, 1.807) is 30.0 Å². The Balaban J connectivity index is 1.99. The van der Waals surface area contributed by atoms with Crippen molar-refractivity contribution in [3.8, 4) is 11.5 Å². The van der Waals surface area contributed by atoms with Gasteiger partial charge in [0.05, 0.1) is 12.5 Å². The Morgan fingerprint density at radius 2 is 1.96 bits per heavy atom. The van der Waals surface area contributed by atoms with Crippen molar-refractivity contribution in [2.75, 3.05) is 20.2 Å². The minimum atomic E-state index is -0.809. The van der Waals surface area contributed by atoms with Crippen molar-refractivity contribution in [3.05, 3.63) is 29.8 Å². The number of methoxy groups -OCH3 is 1. The van der Waals surface area contributed by atoms with Gasteiger partial charge in [0, 0.05) is 19.2 Å². The molecular weight excluding hydrogens is 298 g/mol. The second-order valence-corrected chi connectivity index (χ2v) is 5.96. The van der Waals surface area contributed by atoms with E-state index in [4.69, 9.17) is 4.74 Å². The zero-order chi connectivity index (χ0) is 17.0. The summed E-state index contributed by atoms with van der Waals surface area (Å²) in [6.45, 7) is 2.59. The SMILES string of the molecule is COc1cc(/C=C/C(=O)N2CCC(C)(C(=O)O)CC2)ccc1O. The van der Waals surface area contributed by atoms with Crippen LogP contribution in [-0.2, 0) is 9.59 Å². The van der Waals surface area contributed by atoms with E-state index < -0.39 is 11.4 Å². The quantitative estimate of drug-likeness (QED) is 0.830. The number of aliphatic carboxylic acids is 1. The molecule has 0 unspecified atom stereocenters. The van der Waals surface area contributed by atoms with Crippen LogP contribution in [0.15, 0.2) is 24.3 Å². The number of phenols is 1. The number of amides is 1. The van der Waals surface area contributed by atoms with Crippen molar-refractivity contribution < 1.29 is 24.5 Å². The fourth-order valence-corrected chi connectivity index (χ4v) is 2.51. The molecule has 6 nitrogen and oxygen atoms in total. The molecule has 0 atom stereocenters. The number of ether oxygens (including phenoxy) is 1. The molecule has 0 saturated carbocycles. The highest BCUT2D eigenvalue weighted by Crippen LogP contribution is 2.31. The van der Waals surface area contributed by atoms with Crippen LogP contribution in [0.1, 0.15) is 25.3 Å². The molecule has 1 aromatic carbocycles. The highest BCUT2D eigenvalue weighted by Gasteiger charge is 2.37. The summed E-state index contributed by atoms with van der Waals surface area (Å²) >= 11 is 0. The number of hydrogen-bond donors (Lipinski definition) is 2. The molecule has 0 aliphatic carbocycles. The minimum Gasteiger partial charge on any atom is -0.504 e. The monoisotopic (exact) mass is 319 g/mol. The Hall–Kier alpha value is -2.50. The van der Waals surface area contributed by atoms with E-state index in [1.807, 2.05) is 0 Å². The molecule has 1 fully saturated rings. The molecule has 0 aromatic heterocycles. The lowest BCUT2D eigenvalue weighted by molar-refractivity contribution is -0.152. The van der Waals surface area contributed by atoms with Crippen LogP contribution in [0.5, 0.6) is 11.5 Å². The summed E-state index contributed by atoms with van der Waals surface area (Å²) in [6, 6.07) is 4.82. The summed E-state index contributed by atoms with van der Waals surface area (Å²) in [7, 11) is 1.46. The molecule has 6 heteroatoms. The number of carbonyl (C=O) groups excluding carboxylic acids is 1. The molecule has 1 aliphatic rings. The number of piperidine rings is 1. The molecular formula is C17H21NO5. The Bertz CT molecular complexity index is 630. The molecule has 1 aromatic rings. The van der Waals surface area contributed by atoms with E-state index in [1.165, 1.54) is 19.3 Å². The number of nitrogens with zero attached hydrogens (tertiary/aromatic N) is 1. The summed E-state index contributed by atoms with van der Waals surface area (Å²) in [5.74, 6) is -0.574. The first-order valence-corrected chi connectivity index (χ1v) is 7.43. The number of rotatable bonds is 4. The molecule has 0 spiro atoms. The molecule has 1 aliphatic heterocycles. The summed E-state index contributed by atoms with van der Waals surface area (Å²) < 4.78 is 5.02. The zero-order valence-corrected chi connectivity index (χ0v) is 13.3. The van der Waals surface area contributed by atoms with Crippen molar-refractivity contribution in [2.45, 2.75) is 19.8 Å². The lowest BCUT2D eigenvalue weighted by atomic mass is 9.80. The van der Waals surface area contributed by atoms with Gasteiger partial charge in [-0.25, -0.2) is 0 Å². The second kappa shape index (κ2) is 6.73. The van der Waals surface area contributed by atoms with Gasteiger partial charge in [-0.05, 0) is 43.5 Å². The third-order valence-electron chi connectivity index (χ3n) is 4.32. The Morgan fingerprint density at radius 1 is 1.30 bits per heavy atom. The number of carboxylic acid groups (broad SMARTS) is 1. The number of carbonyl (C=O) groups is 2. The van der Waals surface area contributed by atoms with E-state index in [9.17, 15) is 19.8 Å². The zero-order valence-electron chi connectivity index (χ0n) is 13.3. The van der Waals surface area contributed by atoms with Crippen LogP contribution in [0.2, 0.25) is 0 Å². The van der Waals surface area contributed by atoms with Crippen LogP contribution < -0.4 is 4.74 Å². The maximum absolute atomic E-state index is 12.2. The first kappa shape index (κ1) is 16.9. The van der Waals surface area contributed by atoms with Gasteiger partial charge >= 0.3 is 5.97 Å². The van der Waals surface area contributed by atoms with Crippen LogP contribution in [-0.4, -0.2) is 47.2 Å². The van der Waals surface area contributed by atoms with Crippen LogP contribution in [0.25, 0.3) is 6.08 Å². The van der Waals surface area contributed by atoms with Crippen molar-refractivity contribution >= 4 is 18.0 Å². The summed E-state index contributed by atoms with van der Waals surface area (Å²) in [4.78, 5) is 25.0. The predicted octanol–water partition coefficient (Wildman–Crippen LogP) is 2.13. The molecule has 1 heterocycles. The van der Waals surface area contributed by atoms with E-state index in [0.717, 1.165) is 5.56 Å². The Kier molecular flexibility index (Phi) is 4.93. The van der Waals surface area contributed by atoms with Gasteiger partial charge in [-0.15, -0.1) is 0 Å². The lowest BCUT2D eigenvalue weighted by Gasteiger charge is -2.35. The largest absolute Gasteiger partial charge is 0.504 e. The van der Waals surface area contributed by atoms with Gasteiger partial charge in [0.1, 0.15) is 0 Å². The number of phenolic OH excluding ortho intramolecular Hbond substituents is 1. The number of hydrogen-bond acceptors (Lipinski definition) is 4. The van der Waals surface area contributed by atoms with Gasteiger partial charge in [0.2, 0.25) is 5.91 Å². The van der Waals surface area contributed by atoms with Crippen LogP contribution in [0, 0.1) is 5.41 Å². The van der Waals surface area contributed by atoms with Gasteiger partial charge in [-0.2, -0.15) is 0 Å². The Morgan fingerprint density at radius 3 is 2.52 bits per heavy atom. The number of likely N-dealkylation sites (tertiary alicyclic amines) is 1. The average Bonchev–Trinajstić information content (AvgIpc) is 2.54. The average molecular weight is 319 g/mol. The highest BCUT2D eigenvalue weighted by atomic mass is 16.5. The number of benzene rings is 1. The van der Waals surface area contributed by atoms with Crippen molar-refractivity contribution in [1.82, 2.24) is 4.90 Å². The predicted molar refractivity (Wildman–Crippen MR) is 85.2 cm³/mol. The van der Waals surface area contributed by atoms with Gasteiger partial charge in [0.25, 0.3) is 0 Å². The third-order valence-corrected chi connectivity index (χ3v) is 4.32. The van der Waals surface area contributed by atoms with Crippen molar-refractivity contribution in [1.29, 1.82) is 0 Å². The molecule has 23 heavy (non-hydrogen) atoms. The van der Waals surface area contributed by atoms with E-state index in [2.05, 4.69) is 0 Å². The molecule has 0 bridgehead atoms.